The number of aliphatic hydroxyl groups excluding tert-OH is 3. The maximum atomic E-state index is 12.6. The van der Waals surface area contributed by atoms with Gasteiger partial charge in [0.2, 0.25) is 5.43 Å². The summed E-state index contributed by atoms with van der Waals surface area (Å²) < 4.78 is 5.68. The van der Waals surface area contributed by atoms with Crippen LogP contribution in [0.4, 0.5) is 5.69 Å². The minimum atomic E-state index is -1.73. The number of hydrogen-bond acceptors (Lipinski definition) is 10. The molecule has 0 saturated heterocycles. The molecule has 1 aliphatic heterocycles. The number of nitrogens with one attached hydrogen (secondary N) is 1. The van der Waals surface area contributed by atoms with Gasteiger partial charge in [0.25, 0.3) is 5.91 Å². The number of ketones is 1. The van der Waals surface area contributed by atoms with Crippen molar-refractivity contribution in [2.24, 2.45) is 11.5 Å². The number of carbonyl (C=O) groups is 2. The van der Waals surface area contributed by atoms with Crippen LogP contribution in [-0.4, -0.2) is 50.2 Å². The molecule has 0 radical (unpaired) electrons. The fraction of sp³-hybridized carbons (Fsp3) is 0.200. The van der Waals surface area contributed by atoms with E-state index in [1.165, 1.54) is 6.07 Å². The highest BCUT2D eigenvalue weighted by atomic mass is 16.3. The normalized spacial score (nSPS) is 21.6. The van der Waals surface area contributed by atoms with Gasteiger partial charge >= 0.3 is 0 Å². The highest BCUT2D eigenvalue weighted by Gasteiger charge is 2.43. The monoisotopic (exact) mass is 426 g/mol. The Morgan fingerprint density at radius 2 is 1.94 bits per heavy atom. The SMILES string of the molecule is NC(=O)C1=C(N)[C@@H](O)[C@H](O)[C@@H](Nc2cc3nc4cc(CO)ccc4oc-3cc2=O)C1=O. The molecule has 11 heteroatoms. The van der Waals surface area contributed by atoms with Gasteiger partial charge in [-0.25, -0.2) is 4.98 Å². The van der Waals surface area contributed by atoms with E-state index < -0.39 is 46.6 Å². The molecule has 1 amide bonds. The molecule has 160 valence electrons. The lowest BCUT2D eigenvalue weighted by Gasteiger charge is -2.32. The zero-order valence-corrected chi connectivity index (χ0v) is 15.9. The summed E-state index contributed by atoms with van der Waals surface area (Å²) in [6.45, 7) is -0.190. The lowest BCUT2D eigenvalue weighted by Crippen LogP contribution is -2.55. The Balaban J connectivity index is 1.77. The summed E-state index contributed by atoms with van der Waals surface area (Å²) in [7, 11) is 0. The quantitative estimate of drug-likeness (QED) is 0.212. The Bertz CT molecular complexity index is 1280. The van der Waals surface area contributed by atoms with Gasteiger partial charge in [0.15, 0.2) is 17.1 Å². The lowest BCUT2D eigenvalue weighted by molar-refractivity contribution is -0.125. The van der Waals surface area contributed by atoms with Crippen LogP contribution in [-0.2, 0) is 16.2 Å². The number of nitrogens with two attached hydrogens (primary N) is 2. The fourth-order valence-electron chi connectivity index (χ4n) is 3.46. The Morgan fingerprint density at radius 1 is 1.19 bits per heavy atom. The molecule has 1 aromatic carbocycles. The molecule has 0 saturated carbocycles. The summed E-state index contributed by atoms with van der Waals surface area (Å²) in [4.78, 5) is 41.2. The van der Waals surface area contributed by atoms with Crippen LogP contribution in [0, 0.1) is 0 Å². The summed E-state index contributed by atoms with van der Waals surface area (Å²) in [5, 5.41) is 32.2. The molecule has 3 atom stereocenters. The Kier molecular flexibility index (Phi) is 4.93. The number of fused-ring (bicyclic) bond motifs is 2. The third-order valence-corrected chi connectivity index (χ3v) is 5.09. The molecule has 11 nitrogen and oxygen atoms in total. The van der Waals surface area contributed by atoms with Crippen molar-refractivity contribution >= 4 is 28.5 Å². The lowest BCUT2D eigenvalue weighted by atomic mass is 9.86. The van der Waals surface area contributed by atoms with Crippen LogP contribution in [0.3, 0.4) is 0 Å². The number of nitrogens with zero attached hydrogens (tertiary/aromatic N) is 1. The molecule has 0 aromatic heterocycles. The van der Waals surface area contributed by atoms with Gasteiger partial charge in [0, 0.05) is 6.07 Å². The summed E-state index contributed by atoms with van der Waals surface area (Å²) in [5.74, 6) is -1.93. The van der Waals surface area contributed by atoms with Crippen LogP contribution in [0.15, 0.2) is 50.8 Å². The molecule has 0 spiro atoms. The van der Waals surface area contributed by atoms with Crippen molar-refractivity contribution in [2.75, 3.05) is 5.32 Å². The van der Waals surface area contributed by atoms with Crippen molar-refractivity contribution in [2.45, 2.75) is 24.9 Å². The number of benzene rings is 2. The Hall–Kier alpha value is -3.80. The molecular weight excluding hydrogens is 408 g/mol. The van der Waals surface area contributed by atoms with Crippen molar-refractivity contribution < 1.29 is 29.3 Å². The van der Waals surface area contributed by atoms with E-state index in [2.05, 4.69) is 10.3 Å². The number of carbonyl (C=O) groups excluding carboxylic acids is 2. The highest BCUT2D eigenvalue weighted by Crippen LogP contribution is 2.28. The molecule has 0 unspecified atom stereocenters. The van der Waals surface area contributed by atoms with E-state index in [1.54, 1.807) is 18.2 Å². The summed E-state index contributed by atoms with van der Waals surface area (Å²) in [6, 6.07) is 5.81. The molecule has 8 N–H and O–H groups in total. The van der Waals surface area contributed by atoms with Crippen molar-refractivity contribution in [3.05, 3.63) is 57.4 Å². The van der Waals surface area contributed by atoms with E-state index in [-0.39, 0.29) is 23.7 Å². The molecule has 0 bridgehead atoms. The first-order valence-corrected chi connectivity index (χ1v) is 9.16. The second-order valence-corrected chi connectivity index (χ2v) is 7.11. The van der Waals surface area contributed by atoms with Gasteiger partial charge in [-0.3, -0.25) is 14.4 Å². The van der Waals surface area contributed by atoms with Crippen LogP contribution in [0.1, 0.15) is 5.56 Å². The van der Waals surface area contributed by atoms with E-state index in [1.807, 2.05) is 0 Å². The van der Waals surface area contributed by atoms with Crippen molar-refractivity contribution in [1.29, 1.82) is 0 Å². The fourth-order valence-corrected chi connectivity index (χ4v) is 3.46. The average molecular weight is 426 g/mol. The van der Waals surface area contributed by atoms with Crippen LogP contribution < -0.4 is 22.2 Å². The van der Waals surface area contributed by atoms with Crippen molar-refractivity contribution in [1.82, 2.24) is 4.98 Å². The zero-order chi connectivity index (χ0) is 22.4. The molecule has 2 aliphatic carbocycles. The highest BCUT2D eigenvalue weighted by molar-refractivity contribution is 6.22. The predicted molar refractivity (Wildman–Crippen MR) is 108 cm³/mol. The van der Waals surface area contributed by atoms with Crippen molar-refractivity contribution in [3.8, 4) is 11.5 Å². The molecule has 31 heavy (non-hydrogen) atoms. The number of primary amides is 1. The van der Waals surface area contributed by atoms with Gasteiger partial charge in [0.05, 0.1) is 18.0 Å². The topological polar surface area (TPSA) is 202 Å². The molecule has 1 heterocycles. The predicted octanol–water partition coefficient (Wildman–Crippen LogP) is -1.43. The van der Waals surface area contributed by atoms with Crippen LogP contribution >= 0.6 is 0 Å². The van der Waals surface area contributed by atoms with Crippen LogP contribution in [0.25, 0.3) is 22.6 Å². The summed E-state index contributed by atoms with van der Waals surface area (Å²) in [5.41, 5.74) is 10.6. The second-order valence-electron chi connectivity index (χ2n) is 7.11. The number of hydrogen-bond donors (Lipinski definition) is 6. The average Bonchev–Trinajstić information content (AvgIpc) is 2.73. The Labute approximate surface area is 173 Å². The third-order valence-electron chi connectivity index (χ3n) is 5.09. The van der Waals surface area contributed by atoms with Crippen molar-refractivity contribution in [3.63, 3.8) is 0 Å². The maximum absolute atomic E-state index is 12.6. The van der Waals surface area contributed by atoms with E-state index in [4.69, 9.17) is 15.9 Å². The summed E-state index contributed by atoms with van der Waals surface area (Å²) >= 11 is 0. The minimum absolute atomic E-state index is 0.123. The number of aliphatic hydroxyl groups is 3. The first-order valence-electron chi connectivity index (χ1n) is 9.16. The van der Waals surface area contributed by atoms with E-state index >= 15 is 0 Å². The third kappa shape index (κ3) is 3.40. The first kappa shape index (κ1) is 20.5. The van der Waals surface area contributed by atoms with Gasteiger partial charge in [-0.05, 0) is 23.8 Å². The van der Waals surface area contributed by atoms with E-state index in [0.29, 0.717) is 16.7 Å². The zero-order valence-electron chi connectivity index (χ0n) is 15.9. The standard InChI is InChI=1S/C20H18N4O7/c21-15-14(20(22)30)17(27)16(19(29)18(15)28)24-8-4-10-13(5-11(8)26)31-12-2-1-7(6-25)3-9(12)23-10/h1-5,16,18-19,24-25,28-29H,6,21H2,(H2,22,30)/t16-,18+,19+/m0/s1. The minimum Gasteiger partial charge on any atom is -0.453 e. The van der Waals surface area contributed by atoms with Crippen LogP contribution in [0.2, 0.25) is 0 Å². The van der Waals surface area contributed by atoms with E-state index in [0.717, 1.165) is 6.07 Å². The molecule has 3 aliphatic rings. The Morgan fingerprint density at radius 3 is 2.61 bits per heavy atom. The van der Waals surface area contributed by atoms with Gasteiger partial charge in [-0.2, -0.15) is 0 Å². The number of anilines is 1. The van der Waals surface area contributed by atoms with Gasteiger partial charge < -0.3 is 36.5 Å². The molecule has 1 aromatic rings. The van der Waals surface area contributed by atoms with Crippen LogP contribution in [0.5, 0.6) is 0 Å². The van der Waals surface area contributed by atoms with E-state index in [9.17, 15) is 29.7 Å². The second kappa shape index (κ2) is 7.47. The first-order chi connectivity index (χ1) is 14.7. The number of aromatic nitrogens is 1. The van der Waals surface area contributed by atoms with Gasteiger partial charge in [-0.15, -0.1) is 0 Å². The smallest absolute Gasteiger partial charge is 0.254 e. The maximum Gasteiger partial charge on any atom is 0.254 e. The summed E-state index contributed by atoms with van der Waals surface area (Å²) in [6.07, 6.45) is -3.46. The number of rotatable bonds is 4. The number of amides is 1. The molecular formula is C20H18N4O7. The molecule has 4 rings (SSSR count). The molecule has 0 fully saturated rings. The largest absolute Gasteiger partial charge is 0.453 e. The number of Topliss-reactive ketones (excluding diaryl/α,β-unsaturated/α-hetero) is 1. The van der Waals surface area contributed by atoms with Gasteiger partial charge in [-0.1, -0.05) is 6.07 Å². The van der Waals surface area contributed by atoms with Gasteiger partial charge in [0.1, 0.15) is 35.0 Å².